The van der Waals surface area contributed by atoms with Gasteiger partial charge in [0.05, 0.1) is 0 Å². The zero-order valence-corrected chi connectivity index (χ0v) is 10.2. The highest BCUT2D eigenvalue weighted by Crippen LogP contribution is 2.02. The Morgan fingerprint density at radius 1 is 1.50 bits per heavy atom. The van der Waals surface area contributed by atoms with Gasteiger partial charge in [-0.2, -0.15) is 11.8 Å². The summed E-state index contributed by atoms with van der Waals surface area (Å²) < 4.78 is 9.13. The van der Waals surface area contributed by atoms with Crippen LogP contribution in [0.1, 0.15) is 6.92 Å². The minimum absolute atomic E-state index is 0.0147. The van der Waals surface area contributed by atoms with E-state index in [1.807, 2.05) is 0 Å². The van der Waals surface area contributed by atoms with Crippen molar-refractivity contribution in [1.82, 2.24) is 0 Å². The Bertz CT molecular complexity index is 227. The summed E-state index contributed by atoms with van der Waals surface area (Å²) in [5.74, 6) is 0.956. The maximum absolute atomic E-state index is 10.8. The van der Waals surface area contributed by atoms with Crippen molar-refractivity contribution in [2.45, 2.75) is 12.5 Å². The van der Waals surface area contributed by atoms with Crippen LogP contribution in [0.25, 0.3) is 0 Å². The number of carbonyl (C=O) groups excluding carboxylic acids is 1. The summed E-state index contributed by atoms with van der Waals surface area (Å²) in [5, 5.41) is 8.90. The predicted molar refractivity (Wildman–Crippen MR) is 58.0 cm³/mol. The van der Waals surface area contributed by atoms with E-state index in [1.54, 1.807) is 0 Å². The molecule has 1 atom stereocenters. The highest BCUT2D eigenvalue weighted by atomic mass is 35.5. The van der Waals surface area contributed by atoms with E-state index in [9.17, 15) is 14.9 Å². The number of carbonyl (C=O) groups is 1. The molecule has 1 unspecified atom stereocenters. The third-order valence-corrected chi connectivity index (χ3v) is 2.13. The summed E-state index contributed by atoms with van der Waals surface area (Å²) in [6.07, 6.45) is -0.829. The first-order valence-electron chi connectivity index (χ1n) is 4.35. The third-order valence-electron chi connectivity index (χ3n) is 1.13. The average Bonchev–Trinajstić information content (AvgIpc) is 2.14. The standard InChI is InChI=1S/C7H12ClNO6S/c1-6(8)15-7(10)13-2-4-16-5-3-14-9(11)12/h6H,2-5H2,1H3. The van der Waals surface area contributed by atoms with Crippen molar-refractivity contribution in [2.24, 2.45) is 0 Å². The highest BCUT2D eigenvalue weighted by Gasteiger charge is 2.06. The highest BCUT2D eigenvalue weighted by molar-refractivity contribution is 7.99. The number of alkyl halides is 1. The molecule has 0 amide bonds. The Labute approximate surface area is 101 Å². The minimum atomic E-state index is -0.851. The summed E-state index contributed by atoms with van der Waals surface area (Å²) >= 11 is 6.74. The van der Waals surface area contributed by atoms with Crippen molar-refractivity contribution in [3.05, 3.63) is 10.1 Å². The molecule has 0 radical (unpaired) electrons. The van der Waals surface area contributed by atoms with E-state index in [4.69, 9.17) is 11.6 Å². The van der Waals surface area contributed by atoms with Crippen molar-refractivity contribution < 1.29 is 24.2 Å². The van der Waals surface area contributed by atoms with Crippen LogP contribution in [0.15, 0.2) is 0 Å². The number of halogens is 1. The van der Waals surface area contributed by atoms with Crippen molar-refractivity contribution in [2.75, 3.05) is 24.7 Å². The zero-order valence-electron chi connectivity index (χ0n) is 8.59. The average molecular weight is 274 g/mol. The second-order valence-electron chi connectivity index (χ2n) is 2.43. The van der Waals surface area contributed by atoms with Crippen LogP contribution < -0.4 is 0 Å². The lowest BCUT2D eigenvalue weighted by molar-refractivity contribution is -0.756. The van der Waals surface area contributed by atoms with Gasteiger partial charge in [-0.15, -0.1) is 10.1 Å². The fraction of sp³-hybridized carbons (Fsp3) is 0.857. The van der Waals surface area contributed by atoms with Gasteiger partial charge in [-0.1, -0.05) is 11.6 Å². The van der Waals surface area contributed by atoms with E-state index in [0.717, 1.165) is 0 Å². The van der Waals surface area contributed by atoms with Crippen LogP contribution in [0.4, 0.5) is 4.79 Å². The normalized spacial score (nSPS) is 11.6. The second kappa shape index (κ2) is 9.34. The predicted octanol–water partition coefficient (Wildman–Crippen LogP) is 1.67. The number of rotatable bonds is 8. The van der Waals surface area contributed by atoms with E-state index in [2.05, 4.69) is 14.3 Å². The smallest absolute Gasteiger partial charge is 0.433 e. The van der Waals surface area contributed by atoms with Gasteiger partial charge in [-0.3, -0.25) is 0 Å². The Balaban J connectivity index is 3.20. The van der Waals surface area contributed by atoms with Crippen LogP contribution in [-0.4, -0.2) is 41.5 Å². The first-order chi connectivity index (χ1) is 7.52. The fourth-order valence-corrected chi connectivity index (χ4v) is 1.29. The van der Waals surface area contributed by atoms with Crippen LogP contribution >= 0.6 is 23.4 Å². The maximum atomic E-state index is 10.8. The lowest BCUT2D eigenvalue weighted by atomic mass is 10.8. The molecule has 94 valence electrons. The molecule has 0 heterocycles. The van der Waals surface area contributed by atoms with E-state index >= 15 is 0 Å². The second-order valence-corrected chi connectivity index (χ2v) is 4.27. The van der Waals surface area contributed by atoms with Gasteiger partial charge >= 0.3 is 6.16 Å². The molecule has 9 heteroatoms. The molecule has 0 aromatic heterocycles. The van der Waals surface area contributed by atoms with Crippen molar-refractivity contribution in [3.63, 3.8) is 0 Å². The van der Waals surface area contributed by atoms with Gasteiger partial charge in [0.1, 0.15) is 13.2 Å². The Hall–Kier alpha value is -0.890. The molecule has 0 saturated carbocycles. The van der Waals surface area contributed by atoms with E-state index in [0.29, 0.717) is 11.5 Å². The van der Waals surface area contributed by atoms with Gasteiger partial charge in [-0.05, 0) is 6.92 Å². The van der Waals surface area contributed by atoms with E-state index in [1.165, 1.54) is 18.7 Å². The largest absolute Gasteiger partial charge is 0.509 e. The number of nitrogens with zero attached hydrogens (tertiary/aromatic N) is 1. The SMILES string of the molecule is CC(Cl)OC(=O)OCCSCCO[N+](=O)[O-]. The molecule has 0 rings (SSSR count). The van der Waals surface area contributed by atoms with Crippen LogP contribution in [0.5, 0.6) is 0 Å². The molecular formula is C7H12ClNO6S. The molecule has 0 fully saturated rings. The molecule has 0 aromatic carbocycles. The molecule has 16 heavy (non-hydrogen) atoms. The van der Waals surface area contributed by atoms with Gasteiger partial charge in [0.25, 0.3) is 5.09 Å². The fourth-order valence-electron chi connectivity index (χ4n) is 0.623. The van der Waals surface area contributed by atoms with Gasteiger partial charge in [-0.25, -0.2) is 4.79 Å². The van der Waals surface area contributed by atoms with Crippen LogP contribution in [0.2, 0.25) is 0 Å². The van der Waals surface area contributed by atoms with Crippen LogP contribution in [0, 0.1) is 10.1 Å². The molecule has 0 aromatic rings. The van der Waals surface area contributed by atoms with Gasteiger partial charge < -0.3 is 14.3 Å². The van der Waals surface area contributed by atoms with Crippen LogP contribution in [0.3, 0.4) is 0 Å². The molecule has 0 saturated heterocycles. The van der Waals surface area contributed by atoms with Gasteiger partial charge in [0.15, 0.2) is 5.56 Å². The first-order valence-corrected chi connectivity index (χ1v) is 5.94. The number of hydrogen-bond donors (Lipinski definition) is 0. The van der Waals surface area contributed by atoms with Crippen molar-refractivity contribution in [3.8, 4) is 0 Å². The molecule has 0 spiro atoms. The molecule has 0 aliphatic rings. The molecule has 0 N–H and O–H groups in total. The summed E-state index contributed by atoms with van der Waals surface area (Å²) in [6.45, 7) is 1.67. The maximum Gasteiger partial charge on any atom is 0.509 e. The molecule has 7 nitrogen and oxygen atoms in total. The molecular weight excluding hydrogens is 262 g/mol. The lowest BCUT2D eigenvalue weighted by Crippen LogP contribution is -2.13. The lowest BCUT2D eigenvalue weighted by Gasteiger charge is -2.06. The number of hydrogen-bond acceptors (Lipinski definition) is 7. The van der Waals surface area contributed by atoms with Crippen molar-refractivity contribution in [1.29, 1.82) is 0 Å². The molecule has 0 bridgehead atoms. The Morgan fingerprint density at radius 2 is 2.12 bits per heavy atom. The molecule has 0 aliphatic heterocycles. The van der Waals surface area contributed by atoms with E-state index < -0.39 is 16.8 Å². The molecule has 0 aliphatic carbocycles. The van der Waals surface area contributed by atoms with Gasteiger partial charge in [0.2, 0.25) is 0 Å². The summed E-state index contributed by atoms with van der Waals surface area (Å²) in [5.41, 5.74) is -0.728. The quantitative estimate of drug-likeness (QED) is 0.218. The van der Waals surface area contributed by atoms with Gasteiger partial charge in [0, 0.05) is 11.5 Å². The zero-order chi connectivity index (χ0) is 12.4. The van der Waals surface area contributed by atoms with Crippen LogP contribution in [-0.2, 0) is 14.3 Å². The third kappa shape index (κ3) is 11.2. The summed E-state index contributed by atoms with van der Waals surface area (Å²) in [7, 11) is 0. The Kier molecular flexibility index (Phi) is 8.82. The summed E-state index contributed by atoms with van der Waals surface area (Å²) in [4.78, 5) is 24.6. The number of thioether (sulfide) groups is 1. The first kappa shape index (κ1) is 15.1. The minimum Gasteiger partial charge on any atom is -0.433 e. The Morgan fingerprint density at radius 3 is 2.69 bits per heavy atom. The number of ether oxygens (including phenoxy) is 2. The van der Waals surface area contributed by atoms with Crippen molar-refractivity contribution >= 4 is 29.5 Å². The summed E-state index contributed by atoms with van der Waals surface area (Å²) in [6, 6.07) is 0. The monoisotopic (exact) mass is 273 g/mol. The topological polar surface area (TPSA) is 87.9 Å². The van der Waals surface area contributed by atoms with E-state index in [-0.39, 0.29) is 13.2 Å².